The second kappa shape index (κ2) is 47.4. The maximum absolute atomic E-state index is 13.6. The first kappa shape index (κ1) is 94.8. The van der Waals surface area contributed by atoms with Crippen LogP contribution in [-0.2, 0) is 54.1 Å². The third kappa shape index (κ3) is 30.7. The summed E-state index contributed by atoms with van der Waals surface area (Å²) in [6.07, 6.45) is 17.9. The van der Waals surface area contributed by atoms with Crippen molar-refractivity contribution in [2.24, 2.45) is 58.8 Å². The number of rotatable bonds is 12. The smallest absolute Gasteiger partial charge is 0.405 e. The highest BCUT2D eigenvalue weighted by atomic mass is 35.5. The number of carbonyl (C=O) groups excluding carboxylic acids is 8. The number of hydrogen-bond donors (Lipinski definition) is 10. The number of benzene rings is 1. The van der Waals surface area contributed by atoms with Gasteiger partial charge in [-0.05, 0) is 140 Å². The van der Waals surface area contributed by atoms with Gasteiger partial charge < -0.3 is 98.9 Å². The standard InChI is InChI=1S/C32H44N2O7.C31H45N3O7.C7H12ClNO.C7H13NO2.2ClH/c1-8-9-13-23-24-14-18(2)15-27(40-7)28(36)21(5)16-22(6)30(41-32(33)39)19(3)11-10-12-20(4)31(38)34-25(29(24)37)17-26(23)35;1-8-12-33-26-22-13-17(2)14-25(40-7)27(36)20(5)15-21(6)29(41-31(32)39)18(3)10-9-11-19(4)30(38)34-23(28(22)37)16-24(26)35;1-9-4-2-6(3-5-9)7(8)10;1-8-4-2-6(3-5-8)7(9)10;;/h8,10-12,16-19,21,27-28,30,36H,1,9,13-15H2,2-7H3,(H2,33,39)(H,34,38);8-11,15-18,20,25,27,29,33,35-37H,1,12-14H2,2-7H3,(H2,32,39)(H,34,38);6H,2-5H2,1H3;6H,2-5H2,1H3,(H,9,10);2*1H/b11-10-,20-12+,22-16+;10-9-,19-11+,21-15+;;;;/t18-,19+,21+,27+,28-,30-;17-,18+,20+,25+,27-,29-;;;;/m11..../s1. The van der Waals surface area contributed by atoms with E-state index in [2.05, 4.69) is 42.8 Å². The van der Waals surface area contributed by atoms with Crippen LogP contribution in [0.5, 0.6) is 11.5 Å². The van der Waals surface area contributed by atoms with Crippen LogP contribution in [0.1, 0.15) is 133 Å². The van der Waals surface area contributed by atoms with Gasteiger partial charge >= 0.3 is 12.2 Å². The number of quaternary nitrogens is 2. The number of fused-ring (bicyclic) bond motifs is 4. The number of aliphatic hydroxyl groups is 2. The van der Waals surface area contributed by atoms with E-state index < -0.39 is 72.4 Å². The molecule has 1 aliphatic carbocycles. The Bertz CT molecular complexity index is 3310. The second-order valence-electron chi connectivity index (χ2n) is 27.9. The number of Topliss-reactive ketones (excluding diaryl/α,β-unsaturated/α-hetero) is 1. The van der Waals surface area contributed by atoms with Gasteiger partial charge in [-0.3, -0.25) is 24.0 Å². The highest BCUT2D eigenvalue weighted by Gasteiger charge is 2.35. The number of hydrogen-bond acceptors (Lipinski definition) is 18. The van der Waals surface area contributed by atoms with Crippen LogP contribution in [0.15, 0.2) is 125 Å². The maximum atomic E-state index is 13.6. The molecule has 4 amide bonds. The fourth-order valence-corrected chi connectivity index (χ4v) is 13.1. The maximum Gasteiger partial charge on any atom is 0.405 e. The van der Waals surface area contributed by atoms with Gasteiger partial charge in [0.2, 0.25) is 11.0 Å². The van der Waals surface area contributed by atoms with Crippen molar-refractivity contribution in [1.82, 2.24) is 10.2 Å². The molecule has 0 aromatic heterocycles. The van der Waals surface area contributed by atoms with Crippen molar-refractivity contribution < 1.29 is 105 Å². The van der Waals surface area contributed by atoms with Gasteiger partial charge in [0, 0.05) is 103 Å². The van der Waals surface area contributed by atoms with Crippen molar-refractivity contribution in [3.63, 3.8) is 0 Å². The number of ether oxygens (including phenoxy) is 4. The molecule has 0 saturated carbocycles. The SMILES string of the molecule is C=CCCC1=C2C[C@@H](C)C[C@H](OC)[C@H](O)[C@@H](C)/C=C(\C)[C@H](OC(N)=O)[C@@H](C)/C=C\C=C(/C)C(=O)NC(=CC1=O)C2=O.C=CC[NH2+]c1c(O)cc2c(O)c1C[C@@H](C)C[C@H](OC)[C@H](O)[C@@H](C)/C=C(\C)[C@H](OC(N)=O)[C@@H](C)/C=C\C=C(/C)C(=O)N2.CN1CCC(C(=O)Cl)CC1.C[NH+]1CCC(C(=O)[O-])CC1.Cl.[Cl-]. The number of methoxy groups -OCH3 is 2. The summed E-state index contributed by atoms with van der Waals surface area (Å²) < 4.78 is 22.2. The minimum absolute atomic E-state index is 0. The van der Waals surface area contributed by atoms with Gasteiger partial charge in [0.25, 0.3) is 11.8 Å². The van der Waals surface area contributed by atoms with Gasteiger partial charge in [-0.15, -0.1) is 19.0 Å². The van der Waals surface area contributed by atoms with Crippen molar-refractivity contribution >= 4 is 82.2 Å². The predicted octanol–water partition coefficient (Wildman–Crippen LogP) is 4.13. The minimum Gasteiger partial charge on any atom is -1.00 e. The lowest BCUT2D eigenvalue weighted by atomic mass is 9.82. The molecule has 6 rings (SSSR count). The molecule has 24 nitrogen and oxygen atoms in total. The largest absolute Gasteiger partial charge is 1.00 e. The van der Waals surface area contributed by atoms with E-state index in [0.717, 1.165) is 51.9 Å². The first-order chi connectivity index (χ1) is 48.0. The first-order valence-corrected chi connectivity index (χ1v) is 35.5. The van der Waals surface area contributed by atoms with Crippen molar-refractivity contribution in [2.75, 3.05) is 66.4 Å². The van der Waals surface area contributed by atoms with Crippen LogP contribution >= 0.6 is 24.0 Å². The summed E-state index contributed by atoms with van der Waals surface area (Å²) in [6, 6.07) is 1.33. The zero-order chi connectivity index (χ0) is 76.8. The zero-order valence-electron chi connectivity index (χ0n) is 63.0. The number of ketones is 2. The topological polar surface area (TPSA) is 378 Å². The van der Waals surface area contributed by atoms with Crippen LogP contribution in [0.3, 0.4) is 0 Å². The van der Waals surface area contributed by atoms with Crippen LogP contribution in [0.4, 0.5) is 21.0 Å². The number of phenols is 2. The number of nitrogens with zero attached hydrogens (tertiary/aromatic N) is 1. The average molecular weight is 1520 g/mol. The van der Waals surface area contributed by atoms with Gasteiger partial charge in [0.15, 0.2) is 17.2 Å². The molecule has 4 heterocycles. The molecule has 1 aromatic carbocycles. The van der Waals surface area contributed by atoms with Crippen molar-refractivity contribution in [3.8, 4) is 11.5 Å². The predicted molar refractivity (Wildman–Crippen MR) is 399 cm³/mol. The van der Waals surface area contributed by atoms with E-state index in [4.69, 9.17) is 42.0 Å². The number of nitrogens with one attached hydrogen (secondary N) is 3. The third-order valence-corrected chi connectivity index (χ3v) is 19.4. The van der Waals surface area contributed by atoms with E-state index in [0.29, 0.717) is 83.3 Å². The molecular weight excluding hydrogens is 1400 g/mol. The molecule has 0 unspecified atom stereocenters. The summed E-state index contributed by atoms with van der Waals surface area (Å²) in [7, 11) is 7.20. The number of amides is 4. The molecule has 13 N–H and O–H groups in total. The lowest BCUT2D eigenvalue weighted by Crippen LogP contribution is -3.10. The number of aliphatic carboxylic acids is 1. The van der Waals surface area contributed by atoms with Crippen LogP contribution < -0.4 is 49.8 Å². The van der Waals surface area contributed by atoms with E-state index in [1.807, 2.05) is 60.6 Å². The fourth-order valence-electron chi connectivity index (χ4n) is 12.9. The van der Waals surface area contributed by atoms with Crippen molar-refractivity contribution in [3.05, 3.63) is 131 Å². The van der Waals surface area contributed by atoms with E-state index in [-0.39, 0.29) is 112 Å². The molecule has 582 valence electrons. The van der Waals surface area contributed by atoms with Crippen molar-refractivity contribution in [1.29, 1.82) is 0 Å². The summed E-state index contributed by atoms with van der Waals surface area (Å²) in [5, 5.41) is 61.8. The molecular formula is C77H116Cl3N7O17. The third-order valence-electron chi connectivity index (χ3n) is 19.1. The first-order valence-electron chi connectivity index (χ1n) is 35.1. The summed E-state index contributed by atoms with van der Waals surface area (Å²) in [6.45, 7) is 30.0. The van der Waals surface area contributed by atoms with Gasteiger partial charge in [0.05, 0.1) is 68.0 Å². The van der Waals surface area contributed by atoms with E-state index in [9.17, 15) is 63.9 Å². The van der Waals surface area contributed by atoms with Crippen LogP contribution in [0.2, 0.25) is 0 Å². The Balaban J connectivity index is 0.000000804. The highest BCUT2D eigenvalue weighted by Crippen LogP contribution is 2.41. The number of carbonyl (C=O) groups is 8. The number of phenolic OH excluding ortho intramolecular Hbond substituents is 2. The monoisotopic (exact) mass is 1520 g/mol. The Morgan fingerprint density at radius 1 is 0.740 bits per heavy atom. The van der Waals surface area contributed by atoms with Gasteiger partial charge in [-0.25, -0.2) is 9.59 Å². The summed E-state index contributed by atoms with van der Waals surface area (Å²) in [4.78, 5) is 101. The van der Waals surface area contributed by atoms with Crippen LogP contribution in [0, 0.1) is 47.3 Å². The van der Waals surface area contributed by atoms with Gasteiger partial charge in [-0.2, -0.15) is 0 Å². The number of nitrogens with two attached hydrogens (primary N) is 3. The molecule has 5 aliphatic rings. The molecule has 1 aromatic rings. The van der Waals surface area contributed by atoms with Gasteiger partial charge in [-0.1, -0.05) is 103 Å². The Morgan fingerprint density at radius 3 is 1.64 bits per heavy atom. The molecule has 2 saturated heterocycles. The highest BCUT2D eigenvalue weighted by molar-refractivity contribution is 6.64. The number of halogens is 3. The number of carboxylic acid groups (broad SMARTS) is 1. The number of likely N-dealkylation sites (tertiary alicyclic amines) is 2. The van der Waals surface area contributed by atoms with E-state index in [1.165, 1.54) is 31.3 Å². The number of primary amides is 2. The Hall–Kier alpha value is -7.23. The van der Waals surface area contributed by atoms with Crippen LogP contribution in [-0.4, -0.2) is 170 Å². The lowest BCUT2D eigenvalue weighted by Gasteiger charge is -2.29. The zero-order valence-corrected chi connectivity index (χ0v) is 65.3. The Kier molecular flexibility index (Phi) is 43.2. The molecule has 4 bridgehead atoms. The molecule has 27 heteroatoms. The molecule has 104 heavy (non-hydrogen) atoms. The lowest BCUT2D eigenvalue weighted by molar-refractivity contribution is -0.885. The molecule has 2 fully saturated rings. The number of aromatic hydroxyl groups is 2. The summed E-state index contributed by atoms with van der Waals surface area (Å²) >= 11 is 5.35. The average Bonchev–Trinajstić information content (AvgIpc) is 0.837. The molecule has 12 atom stereocenters. The Morgan fingerprint density at radius 2 is 1.21 bits per heavy atom. The molecule has 0 radical (unpaired) electrons. The normalized spacial score (nSPS) is 29.9. The summed E-state index contributed by atoms with van der Waals surface area (Å²) in [5.74, 6) is -4.44. The minimum atomic E-state index is -0.926. The number of carboxylic acids is 1. The number of aliphatic hydroxyl groups excluding tert-OH is 2. The number of anilines is 1. The second-order valence-corrected chi connectivity index (χ2v) is 28.2. The van der Waals surface area contributed by atoms with E-state index >= 15 is 0 Å². The Labute approximate surface area is 632 Å². The van der Waals surface area contributed by atoms with Crippen LogP contribution in [0.25, 0.3) is 0 Å². The molecule has 4 aliphatic heterocycles. The van der Waals surface area contributed by atoms with Crippen molar-refractivity contribution in [2.45, 2.75) is 170 Å². The number of allylic oxidation sites excluding steroid dienone is 8. The van der Waals surface area contributed by atoms with E-state index in [1.54, 1.807) is 74.7 Å². The quantitative estimate of drug-likeness (QED) is 0.0351. The van der Waals surface area contributed by atoms with Gasteiger partial charge in [0.1, 0.15) is 18.0 Å². The fraction of sp³-hybridized carbons (Fsp3) is 0.558. The number of piperidine rings is 2. The molecule has 0 spiro atoms. The summed E-state index contributed by atoms with van der Waals surface area (Å²) in [5.41, 5.74) is 14.5.